The number of carbonyl (C=O) groups is 1. The third-order valence-corrected chi connectivity index (χ3v) is 4.40. The Kier molecular flexibility index (Phi) is 4.98. The van der Waals surface area contributed by atoms with Gasteiger partial charge in [0.2, 0.25) is 0 Å². The molecule has 1 fully saturated rings. The van der Waals surface area contributed by atoms with Gasteiger partial charge < -0.3 is 15.5 Å². The normalized spacial score (nSPS) is 17.1. The molecule has 1 aliphatic rings. The molecule has 1 aromatic heterocycles. The molecule has 0 spiro atoms. The van der Waals surface area contributed by atoms with Crippen LogP contribution in [0.1, 0.15) is 17.7 Å². The molecule has 2 amide bonds. The molecular formula is C17H22FN5O. The maximum absolute atomic E-state index is 13.0. The van der Waals surface area contributed by atoms with Gasteiger partial charge in [-0.2, -0.15) is 5.10 Å². The highest BCUT2D eigenvalue weighted by atomic mass is 19.1. The van der Waals surface area contributed by atoms with Crippen molar-refractivity contribution in [2.75, 3.05) is 24.5 Å². The van der Waals surface area contributed by atoms with Gasteiger partial charge >= 0.3 is 6.03 Å². The van der Waals surface area contributed by atoms with E-state index in [1.54, 1.807) is 18.3 Å². The Balaban J connectivity index is 1.40. The summed E-state index contributed by atoms with van der Waals surface area (Å²) in [5.41, 5.74) is 2.97. The fourth-order valence-corrected chi connectivity index (χ4v) is 2.91. The van der Waals surface area contributed by atoms with E-state index in [0.717, 1.165) is 36.5 Å². The highest BCUT2D eigenvalue weighted by Crippen LogP contribution is 2.23. The first-order valence-electron chi connectivity index (χ1n) is 8.13. The van der Waals surface area contributed by atoms with Gasteiger partial charge in [0.05, 0.1) is 6.20 Å². The lowest BCUT2D eigenvalue weighted by Gasteiger charge is -2.19. The zero-order chi connectivity index (χ0) is 16.9. The van der Waals surface area contributed by atoms with E-state index in [1.807, 2.05) is 6.92 Å². The number of aromatic nitrogens is 2. The predicted molar refractivity (Wildman–Crippen MR) is 90.3 cm³/mol. The van der Waals surface area contributed by atoms with Gasteiger partial charge in [0.25, 0.3) is 0 Å². The van der Waals surface area contributed by atoms with Gasteiger partial charge in [-0.3, -0.25) is 5.10 Å². The van der Waals surface area contributed by atoms with Crippen molar-refractivity contribution >= 4 is 11.7 Å². The third-order valence-electron chi connectivity index (χ3n) is 4.40. The molecule has 3 rings (SSSR count). The average molecular weight is 331 g/mol. The van der Waals surface area contributed by atoms with Crippen molar-refractivity contribution in [3.63, 3.8) is 0 Å². The molecule has 0 radical (unpaired) electrons. The first kappa shape index (κ1) is 16.3. The Morgan fingerprint density at radius 2 is 2.17 bits per heavy atom. The van der Waals surface area contributed by atoms with Crippen molar-refractivity contribution in [1.29, 1.82) is 0 Å². The summed E-state index contributed by atoms with van der Waals surface area (Å²) >= 11 is 0. The molecular weight excluding hydrogens is 309 g/mol. The van der Waals surface area contributed by atoms with Crippen molar-refractivity contribution in [1.82, 2.24) is 20.8 Å². The van der Waals surface area contributed by atoms with Crippen LogP contribution in [0.3, 0.4) is 0 Å². The van der Waals surface area contributed by atoms with Crippen molar-refractivity contribution in [2.24, 2.45) is 5.92 Å². The maximum atomic E-state index is 13.0. The van der Waals surface area contributed by atoms with Gasteiger partial charge in [0.15, 0.2) is 0 Å². The monoisotopic (exact) mass is 331 g/mol. The molecule has 0 aliphatic carbocycles. The number of halogens is 1. The minimum Gasteiger partial charge on any atom is -0.371 e. The number of hydrogen-bond acceptors (Lipinski definition) is 3. The van der Waals surface area contributed by atoms with Crippen LogP contribution >= 0.6 is 0 Å². The summed E-state index contributed by atoms with van der Waals surface area (Å²) in [6.07, 6.45) is 2.73. The largest absolute Gasteiger partial charge is 0.371 e. The fraction of sp³-hybridized carbons (Fsp3) is 0.412. The number of anilines is 1. The van der Waals surface area contributed by atoms with E-state index in [-0.39, 0.29) is 11.8 Å². The number of nitrogens with zero attached hydrogens (tertiary/aromatic N) is 2. The molecule has 7 heteroatoms. The van der Waals surface area contributed by atoms with E-state index in [1.165, 1.54) is 12.1 Å². The van der Waals surface area contributed by atoms with Crippen molar-refractivity contribution in [3.05, 3.63) is 47.5 Å². The minimum atomic E-state index is -0.222. The Morgan fingerprint density at radius 3 is 2.88 bits per heavy atom. The number of carbonyl (C=O) groups excluding carboxylic acids is 1. The van der Waals surface area contributed by atoms with Gasteiger partial charge in [-0.15, -0.1) is 0 Å². The fourth-order valence-electron chi connectivity index (χ4n) is 2.91. The Morgan fingerprint density at radius 1 is 1.38 bits per heavy atom. The van der Waals surface area contributed by atoms with Gasteiger partial charge in [0.1, 0.15) is 5.82 Å². The van der Waals surface area contributed by atoms with Crippen LogP contribution in [-0.4, -0.2) is 35.9 Å². The second-order valence-corrected chi connectivity index (χ2v) is 6.16. The molecule has 1 aliphatic heterocycles. The average Bonchev–Trinajstić information content (AvgIpc) is 3.21. The molecule has 2 heterocycles. The Bertz CT molecular complexity index is 685. The first-order chi connectivity index (χ1) is 11.6. The number of aromatic amines is 1. The van der Waals surface area contributed by atoms with E-state index in [0.29, 0.717) is 19.0 Å². The molecule has 1 aromatic carbocycles. The summed E-state index contributed by atoms with van der Waals surface area (Å²) in [7, 11) is 0. The van der Waals surface area contributed by atoms with Crippen LogP contribution in [0, 0.1) is 18.7 Å². The second kappa shape index (κ2) is 7.33. The molecule has 0 bridgehead atoms. The predicted octanol–water partition coefficient (Wildman–Crippen LogP) is 2.18. The van der Waals surface area contributed by atoms with Crippen molar-refractivity contribution in [2.45, 2.75) is 19.9 Å². The van der Waals surface area contributed by atoms with E-state index in [4.69, 9.17) is 0 Å². The maximum Gasteiger partial charge on any atom is 0.315 e. The van der Waals surface area contributed by atoms with Crippen LogP contribution in [0.15, 0.2) is 30.5 Å². The molecule has 6 nitrogen and oxygen atoms in total. The van der Waals surface area contributed by atoms with Crippen molar-refractivity contribution in [3.8, 4) is 0 Å². The highest BCUT2D eigenvalue weighted by molar-refractivity contribution is 5.73. The van der Waals surface area contributed by atoms with Crippen LogP contribution in [0.4, 0.5) is 14.9 Å². The second-order valence-electron chi connectivity index (χ2n) is 6.16. The Hall–Kier alpha value is -2.57. The molecule has 3 N–H and O–H groups in total. The standard InChI is InChI=1S/C17H22FN5O/c1-12-14(10-21-22-12)9-20-17(24)19-8-13-6-7-23(11-13)16-4-2-15(18)3-5-16/h2-5,10,13H,6-9,11H2,1H3,(H,21,22)(H2,19,20,24)/t13-/m0/s1. The Labute approximate surface area is 140 Å². The highest BCUT2D eigenvalue weighted by Gasteiger charge is 2.23. The molecule has 2 aromatic rings. The summed E-state index contributed by atoms with van der Waals surface area (Å²) in [6, 6.07) is 6.38. The van der Waals surface area contributed by atoms with Crippen LogP contribution in [0.5, 0.6) is 0 Å². The van der Waals surface area contributed by atoms with Gasteiger partial charge in [-0.05, 0) is 43.5 Å². The number of rotatable bonds is 5. The molecule has 24 heavy (non-hydrogen) atoms. The number of H-pyrrole nitrogens is 1. The third kappa shape index (κ3) is 4.04. The molecule has 0 saturated carbocycles. The van der Waals surface area contributed by atoms with Crippen LogP contribution < -0.4 is 15.5 Å². The van der Waals surface area contributed by atoms with E-state index in [9.17, 15) is 9.18 Å². The van der Waals surface area contributed by atoms with Crippen LogP contribution in [0.2, 0.25) is 0 Å². The number of urea groups is 1. The van der Waals surface area contributed by atoms with Crippen LogP contribution in [-0.2, 0) is 6.54 Å². The number of hydrogen-bond donors (Lipinski definition) is 3. The molecule has 1 atom stereocenters. The SMILES string of the molecule is Cc1[nH]ncc1CNC(=O)NC[C@@H]1CCN(c2ccc(F)cc2)C1. The summed E-state index contributed by atoms with van der Waals surface area (Å²) in [5.74, 6) is 0.178. The molecule has 0 unspecified atom stereocenters. The zero-order valence-electron chi connectivity index (χ0n) is 13.7. The summed E-state index contributed by atoms with van der Waals surface area (Å²) < 4.78 is 13.0. The van der Waals surface area contributed by atoms with Crippen LogP contribution in [0.25, 0.3) is 0 Å². The first-order valence-corrected chi connectivity index (χ1v) is 8.13. The summed E-state index contributed by atoms with van der Waals surface area (Å²) in [6.45, 7) is 4.81. The number of benzene rings is 1. The number of amides is 2. The number of aryl methyl sites for hydroxylation is 1. The number of nitrogens with one attached hydrogen (secondary N) is 3. The topological polar surface area (TPSA) is 73.0 Å². The van der Waals surface area contributed by atoms with E-state index in [2.05, 4.69) is 25.7 Å². The quantitative estimate of drug-likeness (QED) is 0.786. The molecule has 1 saturated heterocycles. The lowest BCUT2D eigenvalue weighted by molar-refractivity contribution is 0.239. The van der Waals surface area contributed by atoms with Gasteiger partial charge in [-0.25, -0.2) is 9.18 Å². The lowest BCUT2D eigenvalue weighted by Crippen LogP contribution is -2.38. The van der Waals surface area contributed by atoms with Gasteiger partial charge in [0, 0.05) is 43.1 Å². The smallest absolute Gasteiger partial charge is 0.315 e. The summed E-state index contributed by atoms with van der Waals surface area (Å²) in [5, 5.41) is 12.5. The molecule has 128 valence electrons. The minimum absolute atomic E-state index is 0.171. The summed E-state index contributed by atoms with van der Waals surface area (Å²) in [4.78, 5) is 14.1. The zero-order valence-corrected chi connectivity index (χ0v) is 13.7. The van der Waals surface area contributed by atoms with E-state index >= 15 is 0 Å². The van der Waals surface area contributed by atoms with Crippen molar-refractivity contribution < 1.29 is 9.18 Å². The van der Waals surface area contributed by atoms with Gasteiger partial charge in [-0.1, -0.05) is 0 Å². The van der Waals surface area contributed by atoms with E-state index < -0.39 is 0 Å². The lowest BCUT2D eigenvalue weighted by atomic mass is 10.1.